The Morgan fingerprint density at radius 2 is 0.957 bits per heavy atom. The second-order valence-corrected chi connectivity index (χ2v) is 12.0. The minimum atomic E-state index is 0.907. The molecule has 0 aliphatic carbocycles. The SMILES string of the molecule is c1ccc(-n2c3cccc(-c4ccccc4-c4ccc5c6c(cccc46)-c4ccccc4O5)c3c3c4ccccc4ccc32)cc1. The summed E-state index contributed by atoms with van der Waals surface area (Å²) in [6, 6.07) is 59.0. The number of para-hydroxylation sites is 2. The Hall–Kier alpha value is -6.12. The average Bonchev–Trinajstić information content (AvgIpc) is 3.47. The van der Waals surface area contributed by atoms with E-state index in [1.807, 2.05) is 6.07 Å². The number of nitrogens with zero attached hydrogens (tertiary/aromatic N) is 1. The van der Waals surface area contributed by atoms with Crippen LogP contribution in [0, 0.1) is 0 Å². The first kappa shape index (κ1) is 25.2. The van der Waals surface area contributed by atoms with E-state index in [-0.39, 0.29) is 0 Å². The summed E-state index contributed by atoms with van der Waals surface area (Å²) in [7, 11) is 0. The Balaban J connectivity index is 1.30. The summed E-state index contributed by atoms with van der Waals surface area (Å²) in [5.74, 6) is 1.81. The van der Waals surface area contributed by atoms with E-state index >= 15 is 0 Å². The molecular weight excluding hydrogens is 558 g/mol. The van der Waals surface area contributed by atoms with Crippen LogP contribution >= 0.6 is 0 Å². The highest BCUT2D eigenvalue weighted by Gasteiger charge is 2.23. The first-order valence-electron chi connectivity index (χ1n) is 15.8. The van der Waals surface area contributed by atoms with Gasteiger partial charge in [0.15, 0.2) is 0 Å². The van der Waals surface area contributed by atoms with Crippen molar-refractivity contribution in [3.8, 4) is 50.6 Å². The van der Waals surface area contributed by atoms with Gasteiger partial charge >= 0.3 is 0 Å². The van der Waals surface area contributed by atoms with E-state index in [0.29, 0.717) is 0 Å². The Morgan fingerprint density at radius 1 is 0.326 bits per heavy atom. The van der Waals surface area contributed by atoms with Gasteiger partial charge in [-0.2, -0.15) is 0 Å². The minimum Gasteiger partial charge on any atom is -0.456 e. The van der Waals surface area contributed by atoms with Crippen LogP contribution in [0.3, 0.4) is 0 Å². The second-order valence-electron chi connectivity index (χ2n) is 12.0. The fourth-order valence-corrected chi connectivity index (χ4v) is 7.68. The Kier molecular flexibility index (Phi) is 5.31. The van der Waals surface area contributed by atoms with Crippen molar-refractivity contribution in [2.24, 2.45) is 0 Å². The van der Waals surface area contributed by atoms with Crippen molar-refractivity contribution >= 4 is 43.4 Å². The number of rotatable bonds is 3. The van der Waals surface area contributed by atoms with Crippen molar-refractivity contribution in [2.45, 2.75) is 0 Å². The highest BCUT2D eigenvalue weighted by molar-refractivity contribution is 6.26. The van der Waals surface area contributed by atoms with Crippen molar-refractivity contribution in [3.63, 3.8) is 0 Å². The van der Waals surface area contributed by atoms with E-state index in [2.05, 4.69) is 162 Å². The van der Waals surface area contributed by atoms with Crippen molar-refractivity contribution in [1.82, 2.24) is 4.57 Å². The number of ether oxygens (including phenoxy) is 1. The first-order valence-corrected chi connectivity index (χ1v) is 15.8. The third-order valence-corrected chi connectivity index (χ3v) is 9.60. The molecule has 0 unspecified atom stereocenters. The summed E-state index contributed by atoms with van der Waals surface area (Å²) in [6.07, 6.45) is 0. The smallest absolute Gasteiger partial charge is 0.135 e. The third-order valence-electron chi connectivity index (χ3n) is 9.60. The van der Waals surface area contributed by atoms with Gasteiger partial charge in [0, 0.05) is 27.4 Å². The number of hydrogen-bond acceptors (Lipinski definition) is 1. The van der Waals surface area contributed by atoms with E-state index < -0.39 is 0 Å². The van der Waals surface area contributed by atoms with E-state index in [4.69, 9.17) is 4.74 Å². The Morgan fingerprint density at radius 3 is 1.83 bits per heavy atom. The van der Waals surface area contributed by atoms with Crippen LogP contribution in [-0.2, 0) is 0 Å². The summed E-state index contributed by atoms with van der Waals surface area (Å²) < 4.78 is 8.86. The lowest BCUT2D eigenvalue weighted by atomic mass is 9.87. The molecule has 9 aromatic rings. The van der Waals surface area contributed by atoms with Crippen LogP contribution in [0.25, 0.3) is 82.4 Å². The predicted molar refractivity (Wildman–Crippen MR) is 192 cm³/mol. The zero-order chi connectivity index (χ0) is 30.2. The molecule has 2 nitrogen and oxygen atoms in total. The van der Waals surface area contributed by atoms with Crippen molar-refractivity contribution in [3.05, 3.63) is 164 Å². The number of fused-ring (bicyclic) bond motifs is 7. The zero-order valence-electron chi connectivity index (χ0n) is 24.9. The molecule has 8 aromatic carbocycles. The lowest BCUT2D eigenvalue weighted by molar-refractivity contribution is 0.487. The molecule has 1 aliphatic heterocycles. The lowest BCUT2D eigenvalue weighted by Gasteiger charge is -2.23. The van der Waals surface area contributed by atoms with Gasteiger partial charge in [0.25, 0.3) is 0 Å². The third kappa shape index (κ3) is 3.53. The lowest BCUT2D eigenvalue weighted by Crippen LogP contribution is -1.98. The van der Waals surface area contributed by atoms with Gasteiger partial charge < -0.3 is 9.30 Å². The minimum absolute atomic E-state index is 0.907. The standard InChI is InChI=1S/C44H27NO/c1-2-13-29(14-3-1)45-38-22-11-21-36(44(38)43-30-15-5-4-12-28(30)24-26-39(43)45)32-17-7-6-16-31(32)33-25-27-41-42-35(33)19-10-20-37(42)34-18-8-9-23-40(34)46-41/h1-27H. The average molecular weight is 586 g/mol. The highest BCUT2D eigenvalue weighted by Crippen LogP contribution is 2.50. The Labute approximate surface area is 266 Å². The molecule has 0 saturated carbocycles. The summed E-state index contributed by atoms with van der Waals surface area (Å²) in [5.41, 5.74) is 10.8. The van der Waals surface area contributed by atoms with Crippen LogP contribution in [0.2, 0.25) is 0 Å². The molecule has 0 radical (unpaired) electrons. The predicted octanol–water partition coefficient (Wildman–Crippen LogP) is 12.2. The molecule has 0 fully saturated rings. The van der Waals surface area contributed by atoms with Crippen LogP contribution in [0.5, 0.6) is 11.5 Å². The monoisotopic (exact) mass is 585 g/mol. The summed E-state index contributed by atoms with van der Waals surface area (Å²) in [6.45, 7) is 0. The number of aromatic nitrogens is 1. The van der Waals surface area contributed by atoms with Crippen LogP contribution in [-0.4, -0.2) is 4.57 Å². The highest BCUT2D eigenvalue weighted by atomic mass is 16.5. The van der Waals surface area contributed by atoms with Crippen LogP contribution in [0.1, 0.15) is 0 Å². The molecule has 10 rings (SSSR count). The van der Waals surface area contributed by atoms with Gasteiger partial charge in [-0.15, -0.1) is 0 Å². The van der Waals surface area contributed by atoms with E-state index in [9.17, 15) is 0 Å². The fraction of sp³-hybridized carbons (Fsp3) is 0. The first-order chi connectivity index (χ1) is 22.8. The number of hydrogen-bond donors (Lipinski definition) is 0. The molecule has 0 bridgehead atoms. The molecule has 0 amide bonds. The molecule has 0 spiro atoms. The largest absolute Gasteiger partial charge is 0.456 e. The summed E-state index contributed by atoms with van der Waals surface area (Å²) in [5, 5.41) is 7.42. The molecule has 2 heteroatoms. The fourth-order valence-electron chi connectivity index (χ4n) is 7.68. The van der Waals surface area contributed by atoms with E-state index in [1.54, 1.807) is 0 Å². The van der Waals surface area contributed by atoms with Gasteiger partial charge in [0.05, 0.1) is 11.0 Å². The summed E-state index contributed by atoms with van der Waals surface area (Å²) >= 11 is 0. The van der Waals surface area contributed by atoms with Crippen LogP contribution in [0.15, 0.2) is 164 Å². The topological polar surface area (TPSA) is 14.2 Å². The molecule has 1 aromatic heterocycles. The molecule has 0 atom stereocenters. The molecule has 2 heterocycles. The van der Waals surface area contributed by atoms with Gasteiger partial charge in [-0.25, -0.2) is 0 Å². The Bertz CT molecular complexity index is 2660. The van der Waals surface area contributed by atoms with Crippen molar-refractivity contribution < 1.29 is 4.74 Å². The maximum absolute atomic E-state index is 6.44. The molecular formula is C44H27NO. The molecule has 46 heavy (non-hydrogen) atoms. The zero-order valence-corrected chi connectivity index (χ0v) is 24.9. The van der Waals surface area contributed by atoms with E-state index in [0.717, 1.165) is 22.7 Å². The van der Waals surface area contributed by atoms with Gasteiger partial charge in [-0.05, 0) is 80.4 Å². The molecule has 214 valence electrons. The second kappa shape index (κ2) is 9.69. The van der Waals surface area contributed by atoms with Crippen LogP contribution in [0.4, 0.5) is 0 Å². The normalized spacial score (nSPS) is 12.1. The maximum atomic E-state index is 6.44. The van der Waals surface area contributed by atoms with Crippen molar-refractivity contribution in [2.75, 3.05) is 0 Å². The van der Waals surface area contributed by atoms with Crippen LogP contribution < -0.4 is 4.74 Å². The van der Waals surface area contributed by atoms with Gasteiger partial charge in [-0.1, -0.05) is 127 Å². The van der Waals surface area contributed by atoms with Crippen molar-refractivity contribution in [1.29, 1.82) is 0 Å². The number of benzene rings is 8. The maximum Gasteiger partial charge on any atom is 0.135 e. The van der Waals surface area contributed by atoms with Gasteiger partial charge in [0.2, 0.25) is 0 Å². The molecule has 1 aliphatic rings. The summed E-state index contributed by atoms with van der Waals surface area (Å²) in [4.78, 5) is 0. The van der Waals surface area contributed by atoms with Gasteiger partial charge in [-0.3, -0.25) is 0 Å². The molecule has 0 saturated heterocycles. The molecule has 0 N–H and O–H groups in total. The quantitative estimate of drug-likeness (QED) is 0.201. The van der Waals surface area contributed by atoms with Gasteiger partial charge in [0.1, 0.15) is 11.5 Å². The van der Waals surface area contributed by atoms with E-state index in [1.165, 1.54) is 71.2 Å².